The predicted octanol–water partition coefficient (Wildman–Crippen LogP) is 4.56. The van der Waals surface area contributed by atoms with Crippen molar-refractivity contribution in [1.29, 1.82) is 0 Å². The van der Waals surface area contributed by atoms with Crippen LogP contribution in [0.3, 0.4) is 0 Å². The molecule has 2 rings (SSSR count). The Labute approximate surface area is 124 Å². The van der Waals surface area contributed by atoms with E-state index in [2.05, 4.69) is 17.2 Å². The Morgan fingerprint density at radius 2 is 2.14 bits per heavy atom. The van der Waals surface area contributed by atoms with E-state index in [1.165, 1.54) is 23.5 Å². The Kier molecular flexibility index (Phi) is 5.06. The molecule has 1 N–H and O–H groups in total. The topological polar surface area (TPSA) is 34.2 Å². The van der Waals surface area contributed by atoms with Crippen molar-refractivity contribution in [3.63, 3.8) is 0 Å². The number of nitrogens with zero attached hydrogens (tertiary/aromatic N) is 1. The van der Waals surface area contributed by atoms with E-state index in [4.69, 9.17) is 4.74 Å². The van der Waals surface area contributed by atoms with Gasteiger partial charge < -0.3 is 10.1 Å². The molecule has 0 saturated heterocycles. The maximum absolute atomic E-state index is 12.6. The number of anilines is 1. The number of benzene rings is 1. The smallest absolute Gasteiger partial charge is 0.416 e. The Hall–Kier alpha value is -1.76. The van der Waals surface area contributed by atoms with Crippen molar-refractivity contribution >= 4 is 16.5 Å². The van der Waals surface area contributed by atoms with Gasteiger partial charge in [-0.25, -0.2) is 4.98 Å². The van der Waals surface area contributed by atoms with E-state index in [0.717, 1.165) is 35.1 Å². The second-order valence-corrected chi connectivity index (χ2v) is 5.49. The van der Waals surface area contributed by atoms with Gasteiger partial charge in [-0.1, -0.05) is 24.3 Å². The lowest BCUT2D eigenvalue weighted by molar-refractivity contribution is -0.137. The van der Waals surface area contributed by atoms with Gasteiger partial charge in [0.15, 0.2) is 5.13 Å². The monoisotopic (exact) mass is 316 g/mol. The summed E-state index contributed by atoms with van der Waals surface area (Å²) in [7, 11) is 0. The van der Waals surface area contributed by atoms with Crippen LogP contribution >= 0.6 is 11.3 Å². The summed E-state index contributed by atoms with van der Waals surface area (Å²) in [6, 6.07) is 4.86. The maximum Gasteiger partial charge on any atom is 0.416 e. The summed E-state index contributed by atoms with van der Waals surface area (Å²) in [5, 5.41) is 3.94. The highest BCUT2D eigenvalue weighted by molar-refractivity contribution is 7.15. The highest BCUT2D eigenvalue weighted by atomic mass is 32.1. The van der Waals surface area contributed by atoms with Gasteiger partial charge in [0.05, 0.1) is 10.4 Å². The zero-order valence-electron chi connectivity index (χ0n) is 11.4. The number of halogens is 3. The first-order valence-corrected chi connectivity index (χ1v) is 7.29. The Bertz CT molecular complexity index is 584. The van der Waals surface area contributed by atoms with E-state index in [1.54, 1.807) is 6.20 Å². The molecule has 0 spiro atoms. The summed E-state index contributed by atoms with van der Waals surface area (Å²) in [4.78, 5) is 5.02. The molecule has 2 aromatic rings. The van der Waals surface area contributed by atoms with E-state index >= 15 is 0 Å². The minimum Gasteiger partial charge on any atom is -0.488 e. The SMILES string of the molecule is CCCNc1ncc(COc2cccc(C(F)(F)F)c2)s1. The van der Waals surface area contributed by atoms with Crippen molar-refractivity contribution in [2.45, 2.75) is 26.1 Å². The number of aromatic nitrogens is 1. The molecular formula is C14H15F3N2OS. The summed E-state index contributed by atoms with van der Waals surface area (Å²) in [5.74, 6) is 0.196. The first-order valence-electron chi connectivity index (χ1n) is 6.47. The lowest BCUT2D eigenvalue weighted by Crippen LogP contribution is -2.05. The van der Waals surface area contributed by atoms with Gasteiger partial charge in [-0.2, -0.15) is 13.2 Å². The lowest BCUT2D eigenvalue weighted by atomic mass is 10.2. The molecule has 21 heavy (non-hydrogen) atoms. The second kappa shape index (κ2) is 6.80. The number of hydrogen-bond acceptors (Lipinski definition) is 4. The fourth-order valence-corrected chi connectivity index (χ4v) is 2.36. The molecule has 0 aliphatic rings. The first-order chi connectivity index (χ1) is 9.99. The van der Waals surface area contributed by atoms with Crippen LogP contribution in [0.25, 0.3) is 0 Å². The molecular weight excluding hydrogens is 301 g/mol. The van der Waals surface area contributed by atoms with E-state index in [-0.39, 0.29) is 12.4 Å². The maximum atomic E-state index is 12.6. The average molecular weight is 316 g/mol. The summed E-state index contributed by atoms with van der Waals surface area (Å²) in [5.41, 5.74) is -0.713. The third kappa shape index (κ3) is 4.63. The molecule has 0 bridgehead atoms. The van der Waals surface area contributed by atoms with Crippen LogP contribution in [-0.4, -0.2) is 11.5 Å². The van der Waals surface area contributed by atoms with Crippen molar-refractivity contribution < 1.29 is 17.9 Å². The molecule has 1 aromatic heterocycles. The zero-order valence-corrected chi connectivity index (χ0v) is 12.2. The Morgan fingerprint density at radius 3 is 2.86 bits per heavy atom. The van der Waals surface area contributed by atoms with Crippen molar-refractivity contribution in [3.8, 4) is 5.75 Å². The Morgan fingerprint density at radius 1 is 1.33 bits per heavy atom. The minimum absolute atomic E-state index is 0.196. The van der Waals surface area contributed by atoms with Gasteiger partial charge >= 0.3 is 6.18 Å². The molecule has 0 saturated carbocycles. The van der Waals surface area contributed by atoms with Gasteiger partial charge in [-0.15, -0.1) is 0 Å². The quantitative estimate of drug-likeness (QED) is 0.848. The normalized spacial score (nSPS) is 11.4. The molecule has 1 heterocycles. The molecule has 0 unspecified atom stereocenters. The van der Waals surface area contributed by atoms with Gasteiger partial charge in [0, 0.05) is 12.7 Å². The van der Waals surface area contributed by atoms with Crippen molar-refractivity contribution in [2.24, 2.45) is 0 Å². The number of rotatable bonds is 6. The molecule has 3 nitrogen and oxygen atoms in total. The molecule has 7 heteroatoms. The van der Waals surface area contributed by atoms with Gasteiger partial charge in [0.2, 0.25) is 0 Å². The average Bonchev–Trinajstić information content (AvgIpc) is 2.90. The summed E-state index contributed by atoms with van der Waals surface area (Å²) < 4.78 is 43.1. The van der Waals surface area contributed by atoms with Crippen LogP contribution < -0.4 is 10.1 Å². The summed E-state index contributed by atoms with van der Waals surface area (Å²) in [6.45, 7) is 3.09. The van der Waals surface area contributed by atoms with E-state index in [9.17, 15) is 13.2 Å². The van der Waals surface area contributed by atoms with E-state index < -0.39 is 11.7 Å². The van der Waals surface area contributed by atoms with E-state index in [0.29, 0.717) is 0 Å². The lowest BCUT2D eigenvalue weighted by Gasteiger charge is -2.09. The molecule has 1 aromatic carbocycles. The first kappa shape index (κ1) is 15.6. The minimum atomic E-state index is -4.36. The van der Waals surface area contributed by atoms with Gasteiger partial charge in [0.25, 0.3) is 0 Å². The van der Waals surface area contributed by atoms with Crippen molar-refractivity contribution in [3.05, 3.63) is 40.9 Å². The van der Waals surface area contributed by atoms with Crippen LogP contribution in [0.5, 0.6) is 5.75 Å². The van der Waals surface area contributed by atoms with Crippen molar-refractivity contribution in [1.82, 2.24) is 4.98 Å². The van der Waals surface area contributed by atoms with Crippen LogP contribution in [0.15, 0.2) is 30.5 Å². The van der Waals surface area contributed by atoms with E-state index in [1.807, 2.05) is 0 Å². The standard InChI is InChI=1S/C14H15F3N2OS/c1-2-6-18-13-19-8-12(21-13)9-20-11-5-3-4-10(7-11)14(15,16)17/h3-5,7-8H,2,6,9H2,1H3,(H,18,19). The van der Waals surface area contributed by atoms with Gasteiger partial charge in [0.1, 0.15) is 12.4 Å². The molecule has 0 aliphatic carbocycles. The van der Waals surface area contributed by atoms with Gasteiger partial charge in [-0.3, -0.25) is 0 Å². The highest BCUT2D eigenvalue weighted by Gasteiger charge is 2.30. The van der Waals surface area contributed by atoms with Crippen LogP contribution in [0.4, 0.5) is 18.3 Å². The summed E-state index contributed by atoms with van der Waals surface area (Å²) in [6.07, 6.45) is -1.70. The van der Waals surface area contributed by atoms with Crippen LogP contribution in [-0.2, 0) is 12.8 Å². The molecule has 0 fully saturated rings. The third-order valence-electron chi connectivity index (χ3n) is 2.62. The molecule has 0 amide bonds. The molecule has 0 atom stereocenters. The zero-order chi connectivity index (χ0) is 15.3. The van der Waals surface area contributed by atoms with Crippen LogP contribution in [0, 0.1) is 0 Å². The second-order valence-electron chi connectivity index (χ2n) is 4.37. The van der Waals surface area contributed by atoms with Crippen molar-refractivity contribution in [2.75, 3.05) is 11.9 Å². The number of thiazole rings is 1. The highest BCUT2D eigenvalue weighted by Crippen LogP contribution is 2.31. The third-order valence-corrected chi connectivity index (χ3v) is 3.55. The number of ether oxygens (including phenoxy) is 1. The summed E-state index contributed by atoms with van der Waals surface area (Å²) >= 11 is 1.43. The number of nitrogens with one attached hydrogen (secondary N) is 1. The fraction of sp³-hybridized carbons (Fsp3) is 0.357. The Balaban J connectivity index is 1.95. The largest absolute Gasteiger partial charge is 0.488 e. The molecule has 0 aliphatic heterocycles. The predicted molar refractivity (Wildman–Crippen MR) is 76.7 cm³/mol. The number of alkyl halides is 3. The van der Waals surface area contributed by atoms with Crippen LogP contribution in [0.2, 0.25) is 0 Å². The number of hydrogen-bond donors (Lipinski definition) is 1. The van der Waals surface area contributed by atoms with Gasteiger partial charge in [-0.05, 0) is 24.6 Å². The fourth-order valence-electron chi connectivity index (χ4n) is 1.60. The molecule has 0 radical (unpaired) electrons. The van der Waals surface area contributed by atoms with Crippen LogP contribution in [0.1, 0.15) is 23.8 Å². The molecule has 114 valence electrons.